The number of carboxylic acid groups (broad SMARTS) is 2. The molecule has 0 amide bonds. The van der Waals surface area contributed by atoms with E-state index < -0.39 is 24.3 Å². The Hall–Kier alpha value is -4.25. The summed E-state index contributed by atoms with van der Waals surface area (Å²) in [6.45, 7) is 4.26. The molecule has 8 nitrogen and oxygen atoms in total. The average Bonchev–Trinajstić information content (AvgIpc) is 2.82. The highest BCUT2D eigenvalue weighted by molar-refractivity contribution is 5.89. The van der Waals surface area contributed by atoms with Crippen LogP contribution >= 0.6 is 0 Å². The number of hydrogen-bond donors (Lipinski definition) is 3. The number of fused-ring (bicyclic) bond motifs is 1. The Morgan fingerprint density at radius 1 is 0.947 bits per heavy atom. The van der Waals surface area contributed by atoms with Crippen LogP contribution in [0.3, 0.4) is 0 Å². The van der Waals surface area contributed by atoms with Crippen LogP contribution in [0, 0.1) is 17.2 Å². The van der Waals surface area contributed by atoms with Gasteiger partial charge in [0, 0.05) is 23.8 Å². The topological polar surface area (TPSA) is 150 Å². The largest absolute Gasteiger partial charge is 0.490 e. The first-order valence-corrected chi connectivity index (χ1v) is 10.6. The van der Waals surface area contributed by atoms with Gasteiger partial charge in [-0.3, -0.25) is 9.97 Å². The molecule has 204 valence electrons. The van der Waals surface area contributed by atoms with Crippen molar-refractivity contribution in [1.82, 2.24) is 9.97 Å². The SMILES string of the molecule is CC(C)C[C@H](N)c1cc(C#N)c2cc(-c3ccncc3)ccc2n1.O=C(O)C(F)(F)F.O=C(O)C(F)(F)F. The second-order valence-electron chi connectivity index (χ2n) is 8.02. The van der Waals surface area contributed by atoms with Gasteiger partial charge in [0.15, 0.2) is 0 Å². The van der Waals surface area contributed by atoms with E-state index in [-0.39, 0.29) is 6.04 Å². The van der Waals surface area contributed by atoms with Gasteiger partial charge >= 0.3 is 24.3 Å². The van der Waals surface area contributed by atoms with Gasteiger partial charge in [0.05, 0.1) is 22.8 Å². The molecule has 0 aliphatic rings. The summed E-state index contributed by atoms with van der Waals surface area (Å²) < 4.78 is 63.5. The lowest BCUT2D eigenvalue weighted by atomic mass is 9.97. The zero-order valence-electron chi connectivity index (χ0n) is 19.9. The lowest BCUT2D eigenvalue weighted by molar-refractivity contribution is -0.193. The first kappa shape index (κ1) is 31.8. The third-order valence-corrected chi connectivity index (χ3v) is 4.55. The van der Waals surface area contributed by atoms with Crippen LogP contribution in [0.25, 0.3) is 22.0 Å². The van der Waals surface area contributed by atoms with Crippen molar-refractivity contribution in [2.45, 2.75) is 38.7 Å². The van der Waals surface area contributed by atoms with Crippen LogP contribution in [0.1, 0.15) is 37.6 Å². The van der Waals surface area contributed by atoms with Crippen molar-refractivity contribution in [1.29, 1.82) is 5.26 Å². The molecule has 2 aromatic heterocycles. The average molecular weight is 544 g/mol. The highest BCUT2D eigenvalue weighted by Crippen LogP contribution is 2.28. The molecule has 14 heteroatoms. The van der Waals surface area contributed by atoms with E-state index >= 15 is 0 Å². The van der Waals surface area contributed by atoms with Crippen LogP contribution < -0.4 is 5.73 Å². The van der Waals surface area contributed by atoms with Crippen molar-refractivity contribution in [3.8, 4) is 17.2 Å². The Kier molecular flexibility index (Phi) is 11.2. The highest BCUT2D eigenvalue weighted by atomic mass is 19.4. The van der Waals surface area contributed by atoms with Gasteiger partial charge in [0.1, 0.15) is 0 Å². The van der Waals surface area contributed by atoms with Crippen LogP contribution in [-0.4, -0.2) is 44.5 Å². The van der Waals surface area contributed by atoms with Crippen molar-refractivity contribution in [3.05, 3.63) is 60.0 Å². The normalized spacial score (nSPS) is 11.9. The number of nitriles is 1. The Morgan fingerprint density at radius 2 is 1.45 bits per heavy atom. The molecule has 0 saturated carbocycles. The summed E-state index contributed by atoms with van der Waals surface area (Å²) >= 11 is 0. The minimum absolute atomic E-state index is 0.152. The van der Waals surface area contributed by atoms with Crippen LogP contribution in [-0.2, 0) is 9.59 Å². The molecule has 0 radical (unpaired) electrons. The molecule has 1 aromatic carbocycles. The summed E-state index contributed by atoms with van der Waals surface area (Å²) in [5, 5.41) is 24.7. The van der Waals surface area contributed by atoms with Crippen molar-refractivity contribution in [2.24, 2.45) is 11.7 Å². The molecule has 0 aliphatic heterocycles. The molecular weight excluding hydrogens is 522 g/mol. The standard InChI is InChI=1S/C20H20N4.2C2HF3O2/c1-13(2)9-18(22)20-11-16(12-21)17-10-15(3-4-19(17)24-20)14-5-7-23-8-6-14;2*3-2(4,5)1(6)7/h3-8,10-11,13,18H,9,22H2,1-2H3;2*(H,6,7)/t18-;;/m0../s1. The second kappa shape index (κ2) is 13.3. The van der Waals surface area contributed by atoms with E-state index in [9.17, 15) is 31.6 Å². The third-order valence-electron chi connectivity index (χ3n) is 4.55. The summed E-state index contributed by atoms with van der Waals surface area (Å²) in [4.78, 5) is 26.5. The Morgan fingerprint density at radius 3 is 1.87 bits per heavy atom. The molecule has 0 fully saturated rings. The van der Waals surface area contributed by atoms with E-state index in [1.54, 1.807) is 12.4 Å². The maximum Gasteiger partial charge on any atom is 0.490 e. The first-order chi connectivity index (χ1) is 17.5. The van der Waals surface area contributed by atoms with Gasteiger partial charge in [-0.1, -0.05) is 19.9 Å². The minimum atomic E-state index is -5.08. The predicted octanol–water partition coefficient (Wildman–Crippen LogP) is 5.48. The molecule has 3 rings (SSSR count). The van der Waals surface area contributed by atoms with E-state index in [2.05, 4.69) is 29.9 Å². The molecule has 38 heavy (non-hydrogen) atoms. The molecule has 0 bridgehead atoms. The summed E-state index contributed by atoms with van der Waals surface area (Å²) in [7, 11) is 0. The first-order valence-electron chi connectivity index (χ1n) is 10.6. The molecule has 0 aliphatic carbocycles. The predicted molar refractivity (Wildman–Crippen MR) is 123 cm³/mol. The van der Waals surface area contributed by atoms with Gasteiger partial charge in [0.2, 0.25) is 0 Å². The molecule has 0 spiro atoms. The van der Waals surface area contributed by atoms with Gasteiger partial charge < -0.3 is 15.9 Å². The molecule has 4 N–H and O–H groups in total. The number of benzene rings is 1. The molecule has 1 atom stereocenters. The number of halogens is 6. The summed E-state index contributed by atoms with van der Waals surface area (Å²) in [5.74, 6) is -5.03. The number of nitrogens with zero attached hydrogens (tertiary/aromatic N) is 3. The van der Waals surface area contributed by atoms with Crippen LogP contribution in [0.2, 0.25) is 0 Å². The smallest absolute Gasteiger partial charge is 0.475 e. The fourth-order valence-electron chi connectivity index (χ4n) is 2.88. The molecule has 2 heterocycles. The third kappa shape index (κ3) is 10.0. The lowest BCUT2D eigenvalue weighted by Gasteiger charge is -2.15. The second-order valence-corrected chi connectivity index (χ2v) is 8.02. The van der Waals surface area contributed by atoms with E-state index in [1.165, 1.54) is 0 Å². The number of carboxylic acids is 2. The van der Waals surface area contributed by atoms with Crippen LogP contribution in [0.5, 0.6) is 0 Å². The summed E-state index contributed by atoms with van der Waals surface area (Å²) in [5.41, 5.74) is 10.6. The van der Waals surface area contributed by atoms with Gasteiger partial charge in [-0.25, -0.2) is 9.59 Å². The number of aliphatic carboxylic acids is 2. The van der Waals surface area contributed by atoms with E-state index in [0.717, 1.165) is 34.1 Å². The Labute approximate surface area is 212 Å². The number of carbonyl (C=O) groups is 2. The number of pyridine rings is 2. The number of nitrogens with two attached hydrogens (primary N) is 1. The molecule has 0 unspecified atom stereocenters. The van der Waals surface area contributed by atoms with Crippen molar-refractivity contribution < 1.29 is 46.1 Å². The Balaban J connectivity index is 0.000000426. The summed E-state index contributed by atoms with van der Waals surface area (Å²) in [6, 6.07) is 13.8. The minimum Gasteiger partial charge on any atom is -0.475 e. The maximum absolute atomic E-state index is 10.6. The summed E-state index contributed by atoms with van der Waals surface area (Å²) in [6.07, 6.45) is -5.80. The zero-order chi connectivity index (χ0) is 29.3. The van der Waals surface area contributed by atoms with Crippen LogP contribution in [0.4, 0.5) is 26.3 Å². The highest BCUT2D eigenvalue weighted by Gasteiger charge is 2.38. The quantitative estimate of drug-likeness (QED) is 0.366. The number of hydrogen-bond acceptors (Lipinski definition) is 6. The fourth-order valence-corrected chi connectivity index (χ4v) is 2.88. The van der Waals surface area contributed by atoms with E-state index in [1.807, 2.05) is 36.4 Å². The van der Waals surface area contributed by atoms with Gasteiger partial charge in [-0.2, -0.15) is 31.6 Å². The van der Waals surface area contributed by atoms with Crippen molar-refractivity contribution in [2.75, 3.05) is 0 Å². The fraction of sp³-hybridized carbons (Fsp3) is 0.292. The maximum atomic E-state index is 10.6. The van der Waals surface area contributed by atoms with Crippen molar-refractivity contribution >= 4 is 22.8 Å². The zero-order valence-corrected chi connectivity index (χ0v) is 19.9. The van der Waals surface area contributed by atoms with Crippen molar-refractivity contribution in [3.63, 3.8) is 0 Å². The number of alkyl halides is 6. The van der Waals surface area contributed by atoms with Crippen LogP contribution in [0.15, 0.2) is 48.8 Å². The number of rotatable bonds is 4. The number of aromatic nitrogens is 2. The molecule has 0 saturated heterocycles. The monoisotopic (exact) mass is 544 g/mol. The van der Waals surface area contributed by atoms with Gasteiger partial charge in [-0.05, 0) is 53.8 Å². The van der Waals surface area contributed by atoms with E-state index in [4.69, 9.17) is 25.5 Å². The van der Waals surface area contributed by atoms with Gasteiger partial charge in [0.25, 0.3) is 0 Å². The van der Waals surface area contributed by atoms with E-state index in [0.29, 0.717) is 11.5 Å². The molecular formula is C24H22F6N4O4. The Bertz CT molecular complexity index is 1270. The van der Waals surface area contributed by atoms with Gasteiger partial charge in [-0.15, -0.1) is 0 Å². The molecule has 3 aromatic rings. The lowest BCUT2D eigenvalue weighted by Crippen LogP contribution is -2.21.